The van der Waals surface area contributed by atoms with Gasteiger partial charge in [0.05, 0.1) is 6.10 Å². The second-order valence-electron chi connectivity index (χ2n) is 7.21. The first-order chi connectivity index (χ1) is 11.1. The molecule has 1 saturated heterocycles. The number of hydrogen-bond donors (Lipinski definition) is 2. The van der Waals surface area contributed by atoms with Crippen LogP contribution in [0.5, 0.6) is 0 Å². The zero-order valence-electron chi connectivity index (χ0n) is 14.0. The van der Waals surface area contributed by atoms with Gasteiger partial charge in [-0.1, -0.05) is 25.3 Å². The Kier molecular flexibility index (Phi) is 5.27. The van der Waals surface area contributed by atoms with Gasteiger partial charge in [0.25, 0.3) is 0 Å². The molecule has 2 atom stereocenters. The largest absolute Gasteiger partial charge is 0.393 e. The van der Waals surface area contributed by atoms with Gasteiger partial charge in [0.2, 0.25) is 0 Å². The normalized spacial score (nSPS) is 25.3. The molecule has 2 amide bonds. The molecule has 2 N–H and O–H groups in total. The van der Waals surface area contributed by atoms with Crippen molar-refractivity contribution in [1.82, 2.24) is 10.2 Å². The highest BCUT2D eigenvalue weighted by Crippen LogP contribution is 2.41. The fourth-order valence-electron chi connectivity index (χ4n) is 4.04. The van der Waals surface area contributed by atoms with Crippen molar-refractivity contribution in [2.75, 3.05) is 19.6 Å². The Morgan fingerprint density at radius 2 is 2.26 bits per heavy atom. The molecule has 1 aromatic heterocycles. The lowest BCUT2D eigenvalue weighted by Gasteiger charge is -2.37. The second kappa shape index (κ2) is 7.22. The van der Waals surface area contributed by atoms with Crippen LogP contribution in [0.25, 0.3) is 0 Å². The highest BCUT2D eigenvalue weighted by molar-refractivity contribution is 7.10. The summed E-state index contributed by atoms with van der Waals surface area (Å²) in [6.07, 6.45) is 6.73. The van der Waals surface area contributed by atoms with Crippen LogP contribution < -0.4 is 5.32 Å². The number of aliphatic hydroxyl groups excluding tert-OH is 1. The quantitative estimate of drug-likeness (QED) is 0.886. The van der Waals surface area contributed by atoms with Crippen LogP contribution in [0.15, 0.2) is 17.5 Å². The topological polar surface area (TPSA) is 52.6 Å². The molecule has 1 saturated carbocycles. The number of urea groups is 1. The van der Waals surface area contributed by atoms with E-state index in [9.17, 15) is 9.90 Å². The van der Waals surface area contributed by atoms with Crippen molar-refractivity contribution >= 4 is 17.4 Å². The van der Waals surface area contributed by atoms with Gasteiger partial charge in [0.1, 0.15) is 0 Å². The number of thiophene rings is 1. The third-order valence-corrected chi connectivity index (χ3v) is 6.74. The molecule has 5 heteroatoms. The van der Waals surface area contributed by atoms with E-state index < -0.39 is 0 Å². The summed E-state index contributed by atoms with van der Waals surface area (Å²) < 4.78 is 0. The summed E-state index contributed by atoms with van der Waals surface area (Å²) in [5.74, 6) is 0.224. The maximum Gasteiger partial charge on any atom is 0.317 e. The number of carbonyl (C=O) groups is 1. The first-order valence-corrected chi connectivity index (χ1v) is 9.73. The predicted octanol–water partition coefficient (Wildman–Crippen LogP) is 3.36. The highest BCUT2D eigenvalue weighted by atomic mass is 32.1. The molecule has 1 aromatic rings. The third-order valence-electron chi connectivity index (χ3n) is 5.63. The smallest absolute Gasteiger partial charge is 0.317 e. The lowest BCUT2D eigenvalue weighted by Crippen LogP contribution is -2.46. The number of hydrogen-bond acceptors (Lipinski definition) is 3. The van der Waals surface area contributed by atoms with Gasteiger partial charge >= 0.3 is 6.03 Å². The van der Waals surface area contributed by atoms with Crippen molar-refractivity contribution in [3.05, 3.63) is 22.4 Å². The van der Waals surface area contributed by atoms with E-state index in [-0.39, 0.29) is 23.5 Å². The maximum absolute atomic E-state index is 12.5. The number of nitrogens with zero attached hydrogens (tertiary/aromatic N) is 1. The van der Waals surface area contributed by atoms with Crippen LogP contribution in [-0.2, 0) is 5.41 Å². The summed E-state index contributed by atoms with van der Waals surface area (Å²) in [7, 11) is 0. The van der Waals surface area contributed by atoms with Crippen LogP contribution in [-0.4, -0.2) is 41.8 Å². The Hall–Kier alpha value is -1.07. The van der Waals surface area contributed by atoms with Gasteiger partial charge in [-0.15, -0.1) is 11.3 Å². The molecular weight excluding hydrogens is 308 g/mol. The van der Waals surface area contributed by atoms with Crippen LogP contribution in [0.1, 0.15) is 50.3 Å². The molecule has 1 aliphatic heterocycles. The van der Waals surface area contributed by atoms with Crippen molar-refractivity contribution in [1.29, 1.82) is 0 Å². The minimum absolute atomic E-state index is 0.0367. The van der Waals surface area contributed by atoms with E-state index in [1.54, 1.807) is 0 Å². The highest BCUT2D eigenvalue weighted by Gasteiger charge is 2.36. The van der Waals surface area contributed by atoms with Crippen LogP contribution in [0.4, 0.5) is 4.79 Å². The van der Waals surface area contributed by atoms with Gasteiger partial charge in [0.15, 0.2) is 0 Å². The summed E-state index contributed by atoms with van der Waals surface area (Å²) in [5.41, 5.74) is 0.130. The lowest BCUT2D eigenvalue weighted by molar-refractivity contribution is 0.129. The monoisotopic (exact) mass is 336 g/mol. The Morgan fingerprint density at radius 1 is 1.48 bits per heavy atom. The lowest BCUT2D eigenvalue weighted by atomic mass is 9.73. The Bertz CT molecular complexity index is 509. The van der Waals surface area contributed by atoms with Gasteiger partial charge in [-0.25, -0.2) is 4.79 Å². The molecule has 128 valence electrons. The van der Waals surface area contributed by atoms with Crippen molar-refractivity contribution < 1.29 is 9.90 Å². The fourth-order valence-corrected chi connectivity index (χ4v) is 5.03. The minimum Gasteiger partial charge on any atom is -0.393 e. The SMILES string of the molecule is CC(O)C1CCN(C(=O)NCC2(c3cccs3)CCCCC2)C1. The van der Waals surface area contributed by atoms with Crippen LogP contribution in [0.2, 0.25) is 0 Å². The van der Waals surface area contributed by atoms with Crippen molar-refractivity contribution in [2.24, 2.45) is 5.92 Å². The molecule has 0 bridgehead atoms. The summed E-state index contributed by atoms with van der Waals surface area (Å²) in [5, 5.41) is 15.0. The first-order valence-electron chi connectivity index (χ1n) is 8.85. The van der Waals surface area contributed by atoms with E-state index in [2.05, 4.69) is 22.8 Å². The number of amides is 2. The number of nitrogens with one attached hydrogen (secondary N) is 1. The van der Waals surface area contributed by atoms with Gasteiger partial charge < -0.3 is 15.3 Å². The molecule has 2 unspecified atom stereocenters. The van der Waals surface area contributed by atoms with Crippen molar-refractivity contribution in [3.8, 4) is 0 Å². The molecular formula is C18H28N2O2S. The van der Waals surface area contributed by atoms with E-state index in [0.29, 0.717) is 6.54 Å². The summed E-state index contributed by atoms with van der Waals surface area (Å²) in [6, 6.07) is 4.38. The van der Waals surface area contributed by atoms with Gasteiger partial charge in [-0.3, -0.25) is 0 Å². The molecule has 4 nitrogen and oxygen atoms in total. The molecule has 0 aromatic carbocycles. The molecule has 2 fully saturated rings. The van der Waals surface area contributed by atoms with Crippen LogP contribution in [0.3, 0.4) is 0 Å². The number of likely N-dealkylation sites (tertiary alicyclic amines) is 1. The van der Waals surface area contributed by atoms with E-state index >= 15 is 0 Å². The number of rotatable bonds is 4. The molecule has 0 spiro atoms. The second-order valence-corrected chi connectivity index (χ2v) is 8.16. The fraction of sp³-hybridized carbons (Fsp3) is 0.722. The van der Waals surface area contributed by atoms with E-state index in [1.807, 2.05) is 23.2 Å². The van der Waals surface area contributed by atoms with Crippen molar-refractivity contribution in [3.63, 3.8) is 0 Å². The Labute approximate surface area is 142 Å². The predicted molar refractivity (Wildman–Crippen MR) is 93.8 cm³/mol. The van der Waals surface area contributed by atoms with E-state index in [0.717, 1.165) is 19.5 Å². The maximum atomic E-state index is 12.5. The van der Waals surface area contributed by atoms with Crippen LogP contribution >= 0.6 is 11.3 Å². The molecule has 23 heavy (non-hydrogen) atoms. The first kappa shape index (κ1) is 16.8. The number of aliphatic hydroxyl groups is 1. The average Bonchev–Trinajstić information content (AvgIpc) is 3.25. The molecule has 2 aliphatic rings. The summed E-state index contributed by atoms with van der Waals surface area (Å²) >= 11 is 1.82. The standard InChI is InChI=1S/C18H28N2O2S/c1-14(21)15-7-10-20(12-15)17(22)19-13-18(8-3-2-4-9-18)16-6-5-11-23-16/h5-6,11,14-15,21H,2-4,7-10,12-13H2,1H3,(H,19,22). The molecule has 3 rings (SSSR count). The molecule has 1 aliphatic carbocycles. The molecule has 2 heterocycles. The van der Waals surface area contributed by atoms with Gasteiger partial charge in [-0.2, -0.15) is 0 Å². The zero-order chi connectivity index (χ0) is 16.3. The molecule has 0 radical (unpaired) electrons. The zero-order valence-corrected chi connectivity index (χ0v) is 14.8. The van der Waals surface area contributed by atoms with Gasteiger partial charge in [0, 0.05) is 35.8 Å². The van der Waals surface area contributed by atoms with Crippen molar-refractivity contribution in [2.45, 2.75) is 57.0 Å². The van der Waals surface area contributed by atoms with E-state index in [1.165, 1.54) is 37.0 Å². The minimum atomic E-state index is -0.330. The number of carbonyl (C=O) groups excluding carboxylic acids is 1. The summed E-state index contributed by atoms with van der Waals surface area (Å²) in [6.45, 7) is 3.99. The summed E-state index contributed by atoms with van der Waals surface area (Å²) in [4.78, 5) is 15.8. The third kappa shape index (κ3) is 3.72. The van der Waals surface area contributed by atoms with Gasteiger partial charge in [-0.05, 0) is 37.6 Å². The average molecular weight is 337 g/mol. The van der Waals surface area contributed by atoms with E-state index in [4.69, 9.17) is 0 Å². The van der Waals surface area contributed by atoms with Crippen LogP contribution in [0, 0.1) is 5.92 Å². The Morgan fingerprint density at radius 3 is 2.87 bits per heavy atom. The Balaban J connectivity index is 1.60.